The summed E-state index contributed by atoms with van der Waals surface area (Å²) >= 11 is 0. The summed E-state index contributed by atoms with van der Waals surface area (Å²) in [4.78, 5) is 17.8. The SMILES string of the molecule is COc1ccc(N(C(=O)c2ccc(F)cc2)C2CCN(CCC(C)C)CC2)cc1OC. The van der Waals surface area contributed by atoms with Gasteiger partial charge in [-0.15, -0.1) is 0 Å². The molecule has 3 rings (SSSR count). The number of benzene rings is 2. The molecule has 6 heteroatoms. The number of rotatable bonds is 8. The van der Waals surface area contributed by atoms with E-state index in [4.69, 9.17) is 9.47 Å². The number of amides is 1. The molecule has 0 spiro atoms. The zero-order chi connectivity index (χ0) is 22.4. The molecule has 1 amide bonds. The molecule has 0 atom stereocenters. The molecule has 0 bridgehead atoms. The van der Waals surface area contributed by atoms with Gasteiger partial charge >= 0.3 is 0 Å². The van der Waals surface area contributed by atoms with E-state index in [-0.39, 0.29) is 17.8 Å². The van der Waals surface area contributed by atoms with Crippen molar-refractivity contribution in [2.75, 3.05) is 38.8 Å². The van der Waals surface area contributed by atoms with E-state index in [0.717, 1.165) is 38.2 Å². The Morgan fingerprint density at radius 3 is 2.29 bits per heavy atom. The lowest BCUT2D eigenvalue weighted by Crippen LogP contribution is -2.48. The molecule has 5 nitrogen and oxygen atoms in total. The Morgan fingerprint density at radius 2 is 1.71 bits per heavy atom. The Balaban J connectivity index is 1.87. The molecule has 0 N–H and O–H groups in total. The highest BCUT2D eigenvalue weighted by molar-refractivity contribution is 6.06. The molecule has 2 aromatic rings. The summed E-state index contributed by atoms with van der Waals surface area (Å²) in [5.74, 6) is 1.39. The second-order valence-corrected chi connectivity index (χ2v) is 8.48. The van der Waals surface area contributed by atoms with E-state index in [2.05, 4.69) is 18.7 Å². The third-order valence-electron chi connectivity index (χ3n) is 5.90. The molecule has 1 aliphatic rings. The summed E-state index contributed by atoms with van der Waals surface area (Å²) in [6, 6.07) is 11.3. The second kappa shape index (κ2) is 10.6. The second-order valence-electron chi connectivity index (χ2n) is 8.48. The average Bonchev–Trinajstić information content (AvgIpc) is 2.79. The third kappa shape index (κ3) is 5.76. The van der Waals surface area contributed by atoms with E-state index in [0.29, 0.717) is 23.0 Å². The highest BCUT2D eigenvalue weighted by Gasteiger charge is 2.30. The lowest BCUT2D eigenvalue weighted by Gasteiger charge is -2.39. The number of nitrogens with zero attached hydrogens (tertiary/aromatic N) is 2. The van der Waals surface area contributed by atoms with Crippen molar-refractivity contribution >= 4 is 11.6 Å². The Labute approximate surface area is 184 Å². The number of hydrogen-bond donors (Lipinski definition) is 0. The smallest absolute Gasteiger partial charge is 0.258 e. The summed E-state index contributed by atoms with van der Waals surface area (Å²) in [5, 5.41) is 0. The van der Waals surface area contributed by atoms with E-state index < -0.39 is 0 Å². The Kier molecular flexibility index (Phi) is 7.91. The molecule has 2 aromatic carbocycles. The van der Waals surface area contributed by atoms with Crippen molar-refractivity contribution < 1.29 is 18.7 Å². The van der Waals surface area contributed by atoms with Gasteiger partial charge in [-0.1, -0.05) is 13.8 Å². The van der Waals surface area contributed by atoms with Crippen LogP contribution in [-0.4, -0.2) is 50.7 Å². The van der Waals surface area contributed by atoms with E-state index >= 15 is 0 Å². The summed E-state index contributed by atoms with van der Waals surface area (Å²) in [5.41, 5.74) is 1.23. The lowest BCUT2D eigenvalue weighted by molar-refractivity contribution is 0.0959. The van der Waals surface area contributed by atoms with Crippen LogP contribution in [0.2, 0.25) is 0 Å². The highest BCUT2D eigenvalue weighted by atomic mass is 19.1. The number of methoxy groups -OCH3 is 2. The quantitative estimate of drug-likeness (QED) is 0.593. The Bertz CT molecular complexity index is 862. The van der Waals surface area contributed by atoms with Crippen LogP contribution >= 0.6 is 0 Å². The fourth-order valence-electron chi connectivity index (χ4n) is 4.04. The van der Waals surface area contributed by atoms with Gasteiger partial charge in [-0.25, -0.2) is 4.39 Å². The van der Waals surface area contributed by atoms with Gasteiger partial charge in [-0.3, -0.25) is 4.79 Å². The molecule has 0 aromatic heterocycles. The normalized spacial score (nSPS) is 15.2. The number of ether oxygens (including phenoxy) is 2. The zero-order valence-corrected chi connectivity index (χ0v) is 18.9. The fourth-order valence-corrected chi connectivity index (χ4v) is 4.04. The van der Waals surface area contributed by atoms with Crippen LogP contribution in [-0.2, 0) is 0 Å². The van der Waals surface area contributed by atoms with Crippen molar-refractivity contribution in [1.29, 1.82) is 0 Å². The lowest BCUT2D eigenvalue weighted by atomic mass is 9.99. The van der Waals surface area contributed by atoms with E-state index in [1.807, 2.05) is 23.1 Å². The Hall–Kier alpha value is -2.60. The number of likely N-dealkylation sites (tertiary alicyclic amines) is 1. The number of piperidine rings is 1. The maximum Gasteiger partial charge on any atom is 0.258 e. The standard InChI is InChI=1S/C25H33FN2O3/c1-18(2)11-14-27-15-12-21(13-16-27)28(25(29)19-5-7-20(26)8-6-19)22-9-10-23(30-3)24(17-22)31-4/h5-10,17-18,21H,11-16H2,1-4H3. The maximum absolute atomic E-state index is 13.5. The van der Waals surface area contributed by atoms with Gasteiger partial charge in [-0.2, -0.15) is 0 Å². The summed E-state index contributed by atoms with van der Waals surface area (Å²) < 4.78 is 24.2. The number of hydrogen-bond acceptors (Lipinski definition) is 4. The van der Waals surface area contributed by atoms with E-state index in [9.17, 15) is 9.18 Å². The van der Waals surface area contributed by atoms with Crippen molar-refractivity contribution in [2.24, 2.45) is 5.92 Å². The summed E-state index contributed by atoms with van der Waals surface area (Å²) in [7, 11) is 3.17. The minimum atomic E-state index is -0.354. The molecule has 0 saturated carbocycles. The number of carbonyl (C=O) groups is 1. The van der Waals surface area contributed by atoms with Crippen LogP contribution in [0.4, 0.5) is 10.1 Å². The summed E-state index contributed by atoms with van der Waals surface area (Å²) in [6.45, 7) is 7.49. The average molecular weight is 429 g/mol. The maximum atomic E-state index is 13.5. The predicted molar refractivity (Wildman–Crippen MR) is 122 cm³/mol. The van der Waals surface area contributed by atoms with Crippen LogP contribution in [0.25, 0.3) is 0 Å². The largest absolute Gasteiger partial charge is 0.493 e. The van der Waals surface area contributed by atoms with Crippen molar-refractivity contribution in [3.63, 3.8) is 0 Å². The molecular weight excluding hydrogens is 395 g/mol. The van der Waals surface area contributed by atoms with Gasteiger partial charge in [0, 0.05) is 36.4 Å². The predicted octanol–water partition coefficient (Wildman–Crippen LogP) is 5.00. The zero-order valence-electron chi connectivity index (χ0n) is 18.9. The van der Waals surface area contributed by atoms with Gasteiger partial charge in [0.15, 0.2) is 11.5 Å². The van der Waals surface area contributed by atoms with Gasteiger partial charge < -0.3 is 19.3 Å². The van der Waals surface area contributed by atoms with Gasteiger partial charge in [-0.05, 0) is 68.1 Å². The first-order valence-corrected chi connectivity index (χ1v) is 11.0. The third-order valence-corrected chi connectivity index (χ3v) is 5.90. The Morgan fingerprint density at radius 1 is 1.06 bits per heavy atom. The molecule has 1 aliphatic heterocycles. The van der Waals surface area contributed by atoms with Crippen LogP contribution in [0.1, 0.15) is 43.5 Å². The van der Waals surface area contributed by atoms with Gasteiger partial charge in [0.2, 0.25) is 0 Å². The van der Waals surface area contributed by atoms with Crippen molar-refractivity contribution in [3.8, 4) is 11.5 Å². The van der Waals surface area contributed by atoms with E-state index in [1.54, 1.807) is 26.4 Å². The number of halogens is 1. The van der Waals surface area contributed by atoms with Gasteiger partial charge in [0.1, 0.15) is 5.82 Å². The first kappa shape index (κ1) is 23.1. The molecule has 1 fully saturated rings. The van der Waals surface area contributed by atoms with Crippen LogP contribution in [0.5, 0.6) is 11.5 Å². The molecule has 168 valence electrons. The number of carbonyl (C=O) groups excluding carboxylic acids is 1. The molecule has 31 heavy (non-hydrogen) atoms. The van der Waals surface area contributed by atoms with Crippen molar-refractivity contribution in [3.05, 3.63) is 53.8 Å². The molecule has 1 saturated heterocycles. The monoisotopic (exact) mass is 428 g/mol. The van der Waals surface area contributed by atoms with Gasteiger partial charge in [0.25, 0.3) is 5.91 Å². The molecule has 1 heterocycles. The van der Waals surface area contributed by atoms with Crippen LogP contribution in [0.3, 0.4) is 0 Å². The highest BCUT2D eigenvalue weighted by Crippen LogP contribution is 2.34. The van der Waals surface area contributed by atoms with Crippen LogP contribution in [0.15, 0.2) is 42.5 Å². The molecular formula is C25H33FN2O3. The van der Waals surface area contributed by atoms with Crippen molar-refractivity contribution in [1.82, 2.24) is 4.90 Å². The minimum absolute atomic E-state index is 0.0611. The number of anilines is 1. The first-order valence-electron chi connectivity index (χ1n) is 11.0. The minimum Gasteiger partial charge on any atom is -0.493 e. The van der Waals surface area contributed by atoms with E-state index in [1.165, 1.54) is 18.6 Å². The first-order chi connectivity index (χ1) is 14.9. The molecule has 0 aliphatic carbocycles. The van der Waals surface area contributed by atoms with Crippen molar-refractivity contribution in [2.45, 2.75) is 39.2 Å². The summed E-state index contributed by atoms with van der Waals surface area (Å²) in [6.07, 6.45) is 2.96. The van der Waals surface area contributed by atoms with Gasteiger partial charge in [0.05, 0.1) is 14.2 Å². The topological polar surface area (TPSA) is 42.0 Å². The van der Waals surface area contributed by atoms with Crippen LogP contribution < -0.4 is 14.4 Å². The molecule has 0 radical (unpaired) electrons. The van der Waals surface area contributed by atoms with Crippen LogP contribution in [0, 0.1) is 11.7 Å². The molecule has 0 unspecified atom stereocenters. The fraction of sp³-hybridized carbons (Fsp3) is 0.480.